The molecule has 0 bridgehead atoms. The lowest BCUT2D eigenvalue weighted by Crippen LogP contribution is -2.61. The van der Waals surface area contributed by atoms with E-state index in [2.05, 4.69) is 37.2 Å². The van der Waals surface area contributed by atoms with Gasteiger partial charge >= 0.3 is 24.2 Å². The molecule has 0 heterocycles. The van der Waals surface area contributed by atoms with Gasteiger partial charge < -0.3 is 57.1 Å². The summed E-state index contributed by atoms with van der Waals surface area (Å²) in [6.45, 7) is 18.1. The highest BCUT2D eigenvalue weighted by molar-refractivity contribution is 5.98. The Morgan fingerprint density at radius 2 is 1.32 bits per heavy atom. The fraction of sp³-hybridized carbons (Fsp3) is 0.443. The van der Waals surface area contributed by atoms with E-state index in [4.69, 9.17) is 15.2 Å². The topological polar surface area (TPSA) is 289 Å². The smallest absolute Gasteiger partial charge is 0.411 e. The number of alkyl carbamates (subject to hydrolysis) is 1. The number of likely N-dealkylation sites (N-methyl/N-ethyl adjacent to an activating group) is 2. The molecule has 5 rings (SSSR count). The van der Waals surface area contributed by atoms with E-state index in [0.717, 1.165) is 22.3 Å². The van der Waals surface area contributed by atoms with Crippen molar-refractivity contribution in [2.24, 2.45) is 23.0 Å². The molecule has 0 unspecified atom stereocenters. The maximum absolute atomic E-state index is 14.2. The van der Waals surface area contributed by atoms with Gasteiger partial charge in [-0.15, -0.1) is 0 Å². The highest BCUT2D eigenvalue weighted by Gasteiger charge is 2.42. The number of carboxylic acid groups (broad SMARTS) is 1. The van der Waals surface area contributed by atoms with Crippen LogP contribution in [0.2, 0.25) is 0 Å². The minimum absolute atomic E-state index is 0.0448. The van der Waals surface area contributed by atoms with Crippen LogP contribution in [0.15, 0.2) is 109 Å². The molecule has 20 nitrogen and oxygen atoms in total. The zero-order valence-corrected chi connectivity index (χ0v) is 48.5. The summed E-state index contributed by atoms with van der Waals surface area (Å²) >= 11 is 0. The normalized spacial score (nSPS) is 14.2. The molecule has 1 aliphatic rings. The summed E-state index contributed by atoms with van der Waals surface area (Å²) in [6, 6.07) is 24.1. The SMILES string of the molecule is CN[C@@H](C(=O)N[C@H](C(=O)N(C)[C@H](C=C(C)C(=O)O)C(C)C)C(C)(C)C)C(C)(C)c1cccc(NC(=O)OCc2ccc(NC(=O)[C@H](CCCNC(N)=O)NC(=O)[C@@H](NC(=O)OCC3c4ccccc4-c4ccccc43)C(C)C)cc2)c1. The van der Waals surface area contributed by atoms with Crippen LogP contribution in [0.25, 0.3) is 11.1 Å². The first kappa shape index (κ1) is 63.6. The van der Waals surface area contributed by atoms with Crippen molar-refractivity contribution in [3.63, 3.8) is 0 Å². The van der Waals surface area contributed by atoms with Crippen LogP contribution in [0.4, 0.5) is 25.8 Å². The highest BCUT2D eigenvalue weighted by atomic mass is 16.6. The fourth-order valence-corrected chi connectivity index (χ4v) is 9.85. The Hall–Kier alpha value is -8.26. The predicted octanol–water partition coefficient (Wildman–Crippen LogP) is 7.78. The van der Waals surface area contributed by atoms with E-state index >= 15 is 0 Å². The number of aliphatic carboxylic acids is 1. The summed E-state index contributed by atoms with van der Waals surface area (Å²) in [6.07, 6.45) is 0.386. The third kappa shape index (κ3) is 17.1. The molecule has 4 aromatic carbocycles. The zero-order valence-electron chi connectivity index (χ0n) is 48.5. The van der Waals surface area contributed by atoms with Crippen LogP contribution in [0.3, 0.4) is 0 Å². The molecule has 1 aliphatic carbocycles. The van der Waals surface area contributed by atoms with Crippen LogP contribution in [-0.2, 0) is 45.5 Å². The number of primary amides is 1. The Bertz CT molecular complexity index is 2890. The molecule has 20 heteroatoms. The van der Waals surface area contributed by atoms with Crippen molar-refractivity contribution in [2.75, 3.05) is 37.9 Å². The number of hydrogen-bond donors (Lipinski definition) is 9. The Labute approximate surface area is 475 Å². The Kier molecular flexibility index (Phi) is 22.2. The lowest BCUT2D eigenvalue weighted by Gasteiger charge is -2.40. The Balaban J connectivity index is 1.18. The van der Waals surface area contributed by atoms with Crippen LogP contribution in [0.1, 0.15) is 110 Å². The monoisotopic (exact) mass is 1120 g/mol. The number of benzene rings is 4. The summed E-state index contributed by atoms with van der Waals surface area (Å²) in [5.74, 6) is -3.78. The summed E-state index contributed by atoms with van der Waals surface area (Å²) < 4.78 is 11.3. The Morgan fingerprint density at radius 1 is 0.704 bits per heavy atom. The summed E-state index contributed by atoms with van der Waals surface area (Å²) in [5.41, 5.74) is 10.0. The van der Waals surface area contributed by atoms with E-state index in [1.165, 1.54) is 11.8 Å². The maximum Gasteiger partial charge on any atom is 0.411 e. The number of nitrogens with two attached hydrogens (primary N) is 1. The van der Waals surface area contributed by atoms with E-state index in [9.17, 15) is 43.5 Å². The second-order valence-corrected chi connectivity index (χ2v) is 22.7. The number of rotatable bonds is 25. The number of carbonyl (C=O) groups is 8. The molecule has 436 valence electrons. The molecule has 0 aliphatic heterocycles. The van der Waals surface area contributed by atoms with Gasteiger partial charge in [0.1, 0.15) is 31.3 Å². The second-order valence-electron chi connectivity index (χ2n) is 22.7. The molecule has 0 spiro atoms. The van der Waals surface area contributed by atoms with Crippen molar-refractivity contribution in [3.8, 4) is 11.1 Å². The minimum atomic E-state index is -1.09. The average Bonchev–Trinajstić information content (AvgIpc) is 3.73. The van der Waals surface area contributed by atoms with E-state index in [1.54, 1.807) is 76.5 Å². The fourth-order valence-electron chi connectivity index (χ4n) is 9.85. The molecule has 81 heavy (non-hydrogen) atoms. The van der Waals surface area contributed by atoms with Gasteiger partial charge in [0.2, 0.25) is 23.6 Å². The van der Waals surface area contributed by atoms with E-state index in [1.807, 2.05) is 103 Å². The molecule has 0 fully saturated rings. The Morgan fingerprint density at radius 3 is 1.88 bits per heavy atom. The molecule has 5 atom stereocenters. The zero-order chi connectivity index (χ0) is 59.9. The van der Waals surface area contributed by atoms with Gasteiger partial charge in [-0.2, -0.15) is 0 Å². The molecule has 4 aromatic rings. The lowest BCUT2D eigenvalue weighted by molar-refractivity contribution is -0.141. The number of nitrogens with one attached hydrogen (secondary N) is 7. The van der Waals surface area contributed by atoms with Gasteiger partial charge in [0.25, 0.3) is 0 Å². The average molecular weight is 1120 g/mol. The van der Waals surface area contributed by atoms with Crippen LogP contribution < -0.4 is 43.0 Å². The van der Waals surface area contributed by atoms with E-state index < -0.39 is 88.9 Å². The number of ether oxygens (including phenoxy) is 2. The molecule has 8 amide bonds. The summed E-state index contributed by atoms with van der Waals surface area (Å²) in [5, 5.41) is 29.2. The third-order valence-electron chi connectivity index (χ3n) is 14.5. The van der Waals surface area contributed by atoms with Gasteiger partial charge in [0.05, 0.1) is 12.1 Å². The molecule has 10 N–H and O–H groups in total. The van der Waals surface area contributed by atoms with Gasteiger partial charge in [0.15, 0.2) is 0 Å². The number of carbonyl (C=O) groups excluding carboxylic acids is 7. The third-order valence-corrected chi connectivity index (χ3v) is 14.5. The predicted molar refractivity (Wildman–Crippen MR) is 311 cm³/mol. The van der Waals surface area contributed by atoms with E-state index in [-0.39, 0.29) is 55.9 Å². The first-order valence-corrected chi connectivity index (χ1v) is 27.2. The van der Waals surface area contributed by atoms with Crippen LogP contribution in [0.5, 0.6) is 0 Å². The van der Waals surface area contributed by atoms with Crippen molar-refractivity contribution < 1.29 is 52.9 Å². The lowest BCUT2D eigenvalue weighted by atomic mass is 9.76. The quantitative estimate of drug-likeness (QED) is 0.0227. The number of anilines is 2. The van der Waals surface area contributed by atoms with Gasteiger partial charge in [-0.3, -0.25) is 24.5 Å². The summed E-state index contributed by atoms with van der Waals surface area (Å²) in [4.78, 5) is 107. The second kappa shape index (κ2) is 28.2. The number of amides is 8. The van der Waals surface area contributed by atoms with Crippen molar-refractivity contribution in [2.45, 2.75) is 130 Å². The standard InChI is InChI=1S/C61H81N9O11/c1-35(2)48(31-37(5)56(75)76)70(12)55(74)51(60(6,7)8)69-54(73)50(63-11)61(9,10)39-19-17-20-41(32-39)66-58(78)80-33-38-26-28-40(29-27-38)65-52(71)47(25-18-30-64-57(62)77)67-53(72)49(36(3)4)68-59(79)81-34-46-44-23-15-13-21-42(44)43-22-14-16-24-45(43)46/h13-17,19-24,26-29,31-32,35-36,46-51,63H,18,25,30,33-34H2,1-12H3,(H,65,71)(H,66,78)(H,67,72)(H,68,79)(H,69,73)(H,75,76)(H3,62,64,77)/t47-,48+,49-,50-,51+/m0/s1. The number of fused-ring (bicyclic) bond motifs is 3. The first-order chi connectivity index (χ1) is 38.1. The number of hydrogen-bond acceptors (Lipinski definition) is 11. The van der Waals surface area contributed by atoms with Gasteiger partial charge in [-0.05, 0) is 102 Å². The first-order valence-electron chi connectivity index (χ1n) is 27.2. The van der Waals surface area contributed by atoms with Crippen molar-refractivity contribution in [3.05, 3.63) is 131 Å². The van der Waals surface area contributed by atoms with Crippen molar-refractivity contribution in [1.29, 1.82) is 0 Å². The van der Waals surface area contributed by atoms with E-state index in [0.29, 0.717) is 22.5 Å². The number of urea groups is 1. The molecular formula is C61H81N9O11. The number of nitrogens with zero attached hydrogens (tertiary/aromatic N) is 1. The molecule has 0 aromatic heterocycles. The number of carboxylic acids is 1. The largest absolute Gasteiger partial charge is 0.478 e. The van der Waals surface area contributed by atoms with Gasteiger partial charge in [-0.25, -0.2) is 19.2 Å². The van der Waals surface area contributed by atoms with Crippen LogP contribution >= 0.6 is 0 Å². The van der Waals surface area contributed by atoms with Crippen molar-refractivity contribution >= 4 is 59.2 Å². The highest BCUT2D eigenvalue weighted by Crippen LogP contribution is 2.44. The summed E-state index contributed by atoms with van der Waals surface area (Å²) in [7, 11) is 3.25. The van der Waals surface area contributed by atoms with Crippen molar-refractivity contribution in [1.82, 2.24) is 31.5 Å². The van der Waals surface area contributed by atoms with Gasteiger partial charge in [0, 0.05) is 41.9 Å². The molecule has 0 saturated carbocycles. The van der Waals surface area contributed by atoms with Crippen LogP contribution in [0, 0.1) is 17.3 Å². The van der Waals surface area contributed by atoms with Gasteiger partial charge in [-0.1, -0.05) is 141 Å². The van der Waals surface area contributed by atoms with Crippen LogP contribution in [-0.4, -0.2) is 115 Å². The molecular weight excluding hydrogens is 1030 g/mol. The maximum atomic E-state index is 14.2. The minimum Gasteiger partial charge on any atom is -0.478 e. The molecule has 0 radical (unpaired) electrons. The molecule has 0 saturated heterocycles.